The van der Waals surface area contributed by atoms with E-state index in [-0.39, 0.29) is 21.5 Å². The van der Waals surface area contributed by atoms with Gasteiger partial charge in [0.15, 0.2) is 0 Å². The largest absolute Gasteiger partial charge is 0.433 e. The number of benzene rings is 1. The smallest absolute Gasteiger partial charge is 0.387 e. The second-order valence-corrected chi connectivity index (χ2v) is 3.10. The van der Waals surface area contributed by atoms with Crippen LogP contribution in [0.5, 0.6) is 5.75 Å². The molecule has 3 nitrogen and oxygen atoms in total. The summed E-state index contributed by atoms with van der Waals surface area (Å²) < 4.78 is 27.9. The van der Waals surface area contributed by atoms with Crippen LogP contribution in [0.4, 0.5) is 14.5 Å². The Kier molecular flexibility index (Phi) is 3.74. The molecule has 0 fully saturated rings. The van der Waals surface area contributed by atoms with Gasteiger partial charge in [-0.1, -0.05) is 23.2 Å². The van der Waals surface area contributed by atoms with Gasteiger partial charge in [0.05, 0.1) is 15.7 Å². The molecule has 0 heterocycles. The Morgan fingerprint density at radius 2 is 1.93 bits per heavy atom. The molecule has 78 valence electrons. The van der Waals surface area contributed by atoms with Crippen LogP contribution in [0, 0.1) is 0 Å². The van der Waals surface area contributed by atoms with Crippen molar-refractivity contribution in [1.82, 2.24) is 0 Å². The van der Waals surface area contributed by atoms with E-state index in [1.54, 1.807) is 0 Å². The number of alkyl halides is 2. The van der Waals surface area contributed by atoms with Gasteiger partial charge in [-0.15, -0.1) is 0 Å². The van der Waals surface area contributed by atoms with Gasteiger partial charge in [0.1, 0.15) is 5.75 Å². The van der Waals surface area contributed by atoms with Crippen molar-refractivity contribution in [2.75, 3.05) is 5.43 Å². The number of hydrogen-bond donors (Lipinski definition) is 2. The second-order valence-electron chi connectivity index (χ2n) is 2.29. The molecule has 0 unspecified atom stereocenters. The standard InChI is InChI=1S/C7H6Cl2F2N2O/c8-3-1-4(9)6(14-7(10)11)2-5(3)13-12/h1-2,7,13H,12H2. The summed E-state index contributed by atoms with van der Waals surface area (Å²) in [5.41, 5.74) is 2.48. The third-order valence-electron chi connectivity index (χ3n) is 1.39. The van der Waals surface area contributed by atoms with E-state index in [0.717, 1.165) is 0 Å². The summed E-state index contributed by atoms with van der Waals surface area (Å²) in [5.74, 6) is 4.90. The number of nitrogen functional groups attached to an aromatic ring is 1. The minimum absolute atomic E-state index is 0.00528. The number of rotatable bonds is 3. The van der Waals surface area contributed by atoms with Gasteiger partial charge in [0, 0.05) is 6.07 Å². The van der Waals surface area contributed by atoms with E-state index < -0.39 is 6.61 Å². The van der Waals surface area contributed by atoms with Crippen molar-refractivity contribution in [2.24, 2.45) is 5.84 Å². The van der Waals surface area contributed by atoms with E-state index in [0.29, 0.717) is 0 Å². The van der Waals surface area contributed by atoms with Crippen molar-refractivity contribution in [3.05, 3.63) is 22.2 Å². The van der Waals surface area contributed by atoms with Crippen LogP contribution < -0.4 is 16.0 Å². The molecule has 14 heavy (non-hydrogen) atoms. The van der Waals surface area contributed by atoms with Crippen LogP contribution in [0.25, 0.3) is 0 Å². The van der Waals surface area contributed by atoms with Gasteiger partial charge in [0.25, 0.3) is 0 Å². The number of ether oxygens (including phenoxy) is 1. The number of nitrogens with two attached hydrogens (primary N) is 1. The monoisotopic (exact) mass is 242 g/mol. The third-order valence-corrected chi connectivity index (χ3v) is 2.00. The Morgan fingerprint density at radius 3 is 2.43 bits per heavy atom. The first-order valence-corrected chi connectivity index (χ1v) is 4.20. The fourth-order valence-electron chi connectivity index (χ4n) is 0.826. The first kappa shape index (κ1) is 11.3. The van der Waals surface area contributed by atoms with Crippen molar-refractivity contribution < 1.29 is 13.5 Å². The van der Waals surface area contributed by atoms with Crippen molar-refractivity contribution in [3.8, 4) is 5.75 Å². The van der Waals surface area contributed by atoms with Crippen LogP contribution in [0.2, 0.25) is 10.0 Å². The molecule has 0 saturated carbocycles. The van der Waals surface area contributed by atoms with E-state index in [9.17, 15) is 8.78 Å². The highest BCUT2D eigenvalue weighted by Crippen LogP contribution is 2.34. The first-order valence-electron chi connectivity index (χ1n) is 3.45. The molecule has 0 aromatic heterocycles. The molecule has 0 aliphatic carbocycles. The molecule has 0 spiro atoms. The van der Waals surface area contributed by atoms with E-state index in [4.69, 9.17) is 29.0 Å². The molecule has 0 aliphatic rings. The van der Waals surface area contributed by atoms with E-state index >= 15 is 0 Å². The van der Waals surface area contributed by atoms with Crippen LogP contribution in [0.3, 0.4) is 0 Å². The molecular formula is C7H6Cl2F2N2O. The average molecular weight is 243 g/mol. The highest BCUT2D eigenvalue weighted by molar-refractivity contribution is 6.37. The molecule has 0 atom stereocenters. The Bertz CT molecular complexity index is 336. The summed E-state index contributed by atoms with van der Waals surface area (Å²) in [7, 11) is 0. The molecule has 0 amide bonds. The molecular weight excluding hydrogens is 237 g/mol. The van der Waals surface area contributed by atoms with Crippen molar-refractivity contribution in [1.29, 1.82) is 0 Å². The molecule has 0 saturated heterocycles. The lowest BCUT2D eigenvalue weighted by Gasteiger charge is -2.09. The normalized spacial score (nSPS) is 10.4. The quantitative estimate of drug-likeness (QED) is 0.633. The average Bonchev–Trinajstić information content (AvgIpc) is 2.09. The lowest BCUT2D eigenvalue weighted by molar-refractivity contribution is -0.0497. The number of halogens is 4. The summed E-state index contributed by atoms with van der Waals surface area (Å²) in [4.78, 5) is 0. The lowest BCUT2D eigenvalue weighted by Crippen LogP contribution is -2.08. The van der Waals surface area contributed by atoms with Crippen LogP contribution in [-0.2, 0) is 0 Å². The molecule has 0 aliphatic heterocycles. The summed E-state index contributed by atoms with van der Waals surface area (Å²) in [6.07, 6.45) is 0. The SMILES string of the molecule is NNc1cc(OC(F)F)c(Cl)cc1Cl. The van der Waals surface area contributed by atoms with Gasteiger partial charge < -0.3 is 10.2 Å². The summed E-state index contributed by atoms with van der Waals surface area (Å²) in [6, 6.07) is 2.45. The Balaban J connectivity index is 3.04. The zero-order valence-corrected chi connectivity index (χ0v) is 8.24. The Morgan fingerprint density at radius 1 is 1.29 bits per heavy atom. The number of hydrazine groups is 1. The fourth-order valence-corrected chi connectivity index (χ4v) is 1.31. The number of nitrogens with one attached hydrogen (secondary N) is 1. The Labute approximate surface area is 88.7 Å². The highest BCUT2D eigenvalue weighted by atomic mass is 35.5. The van der Waals surface area contributed by atoms with Gasteiger partial charge in [-0.2, -0.15) is 8.78 Å². The minimum atomic E-state index is -2.95. The maximum Gasteiger partial charge on any atom is 0.387 e. The van der Waals surface area contributed by atoms with Gasteiger partial charge in [0.2, 0.25) is 0 Å². The van der Waals surface area contributed by atoms with Gasteiger partial charge >= 0.3 is 6.61 Å². The van der Waals surface area contributed by atoms with Crippen molar-refractivity contribution in [2.45, 2.75) is 6.61 Å². The lowest BCUT2D eigenvalue weighted by atomic mass is 10.3. The second kappa shape index (κ2) is 4.63. The number of hydrogen-bond acceptors (Lipinski definition) is 3. The van der Waals surface area contributed by atoms with Gasteiger partial charge in [-0.05, 0) is 6.07 Å². The maximum absolute atomic E-state index is 11.9. The molecule has 0 bridgehead atoms. The predicted octanol–water partition coefficient (Wildman–Crippen LogP) is 2.88. The maximum atomic E-state index is 11.9. The zero-order valence-electron chi connectivity index (χ0n) is 6.73. The van der Waals surface area contributed by atoms with E-state index in [1.807, 2.05) is 0 Å². The van der Waals surface area contributed by atoms with Gasteiger partial charge in [-0.25, -0.2) is 0 Å². The molecule has 7 heteroatoms. The summed E-state index contributed by atoms with van der Waals surface area (Å²) in [5, 5.41) is 0.216. The van der Waals surface area contributed by atoms with Crippen molar-refractivity contribution in [3.63, 3.8) is 0 Å². The highest BCUT2D eigenvalue weighted by Gasteiger charge is 2.11. The molecule has 1 aromatic rings. The van der Waals surface area contributed by atoms with Crippen molar-refractivity contribution >= 4 is 28.9 Å². The topological polar surface area (TPSA) is 47.3 Å². The Hall–Kier alpha value is -0.780. The predicted molar refractivity (Wildman–Crippen MR) is 50.9 cm³/mol. The van der Waals surface area contributed by atoms with Crippen LogP contribution in [0.15, 0.2) is 12.1 Å². The minimum Gasteiger partial charge on any atom is -0.433 e. The fraction of sp³-hybridized carbons (Fsp3) is 0.143. The summed E-state index contributed by atoms with van der Waals surface area (Å²) in [6.45, 7) is -2.95. The molecule has 3 N–H and O–H groups in total. The third kappa shape index (κ3) is 2.60. The van der Waals surface area contributed by atoms with E-state index in [1.165, 1.54) is 12.1 Å². The first-order chi connectivity index (χ1) is 6.54. The number of anilines is 1. The van der Waals surface area contributed by atoms with Crippen LogP contribution in [0.1, 0.15) is 0 Å². The zero-order chi connectivity index (χ0) is 10.7. The molecule has 1 rings (SSSR count). The van der Waals surface area contributed by atoms with E-state index in [2.05, 4.69) is 10.2 Å². The van der Waals surface area contributed by atoms with Crippen LogP contribution in [-0.4, -0.2) is 6.61 Å². The van der Waals surface area contributed by atoms with Gasteiger partial charge in [-0.3, -0.25) is 5.84 Å². The van der Waals surface area contributed by atoms with Crippen LogP contribution >= 0.6 is 23.2 Å². The molecule has 0 radical (unpaired) electrons. The summed E-state index contributed by atoms with van der Waals surface area (Å²) >= 11 is 11.3. The molecule has 1 aromatic carbocycles.